The first kappa shape index (κ1) is 17.7. The highest BCUT2D eigenvalue weighted by Crippen LogP contribution is 2.20. The number of piperidine rings is 1. The summed E-state index contributed by atoms with van der Waals surface area (Å²) in [4.78, 5) is 2.57. The van der Waals surface area contributed by atoms with E-state index >= 15 is 0 Å². The molecule has 0 amide bonds. The van der Waals surface area contributed by atoms with E-state index in [9.17, 15) is 0 Å². The number of likely N-dealkylation sites (tertiary alicyclic amines) is 1. The predicted octanol–water partition coefficient (Wildman–Crippen LogP) is 4.17. The number of halogens is 1. The van der Waals surface area contributed by atoms with Crippen molar-refractivity contribution >= 4 is 38.9 Å². The highest BCUT2D eigenvalue weighted by atomic mass is 79.9. The molecule has 2 rings (SSSR count). The highest BCUT2D eigenvalue weighted by Gasteiger charge is 2.15. The summed E-state index contributed by atoms with van der Waals surface area (Å²) >= 11 is 8.86. The molecule has 0 unspecified atom stereocenters. The fraction of sp³-hybridized carbons (Fsp3) is 0.588. The number of anilines is 1. The van der Waals surface area contributed by atoms with Gasteiger partial charge in [-0.3, -0.25) is 0 Å². The van der Waals surface area contributed by atoms with Gasteiger partial charge in [-0.05, 0) is 81.2 Å². The SMILES string of the molecule is Cc1cc(NC(=S)NCCCN2CCC[C@H](C)C2)ccc1Br. The smallest absolute Gasteiger partial charge is 0.170 e. The minimum atomic E-state index is 0.703. The lowest BCUT2D eigenvalue weighted by Gasteiger charge is -2.30. The Bertz CT molecular complexity index is 507. The molecule has 1 aromatic rings. The summed E-state index contributed by atoms with van der Waals surface area (Å²) in [5.41, 5.74) is 2.23. The number of nitrogens with zero attached hydrogens (tertiary/aromatic N) is 1. The molecule has 3 nitrogen and oxygen atoms in total. The molecule has 0 aliphatic carbocycles. The first-order valence-corrected chi connectivity index (χ1v) is 9.28. The maximum atomic E-state index is 5.35. The molecule has 1 aromatic carbocycles. The zero-order valence-corrected chi connectivity index (χ0v) is 15.9. The largest absolute Gasteiger partial charge is 0.362 e. The van der Waals surface area contributed by atoms with Crippen molar-refractivity contribution in [1.29, 1.82) is 0 Å². The van der Waals surface area contributed by atoms with Gasteiger partial charge >= 0.3 is 0 Å². The van der Waals surface area contributed by atoms with E-state index in [4.69, 9.17) is 12.2 Å². The summed E-state index contributed by atoms with van der Waals surface area (Å²) in [5, 5.41) is 7.24. The van der Waals surface area contributed by atoms with Gasteiger partial charge in [-0.1, -0.05) is 22.9 Å². The van der Waals surface area contributed by atoms with Crippen LogP contribution in [0, 0.1) is 12.8 Å². The summed E-state index contributed by atoms with van der Waals surface area (Å²) in [5.74, 6) is 0.852. The van der Waals surface area contributed by atoms with Gasteiger partial charge in [-0.15, -0.1) is 0 Å². The average molecular weight is 384 g/mol. The van der Waals surface area contributed by atoms with Crippen LogP contribution >= 0.6 is 28.1 Å². The van der Waals surface area contributed by atoms with Crippen LogP contribution in [0.4, 0.5) is 5.69 Å². The minimum absolute atomic E-state index is 0.703. The van der Waals surface area contributed by atoms with Crippen LogP contribution in [0.5, 0.6) is 0 Å². The van der Waals surface area contributed by atoms with Crippen molar-refractivity contribution in [2.75, 3.05) is 31.5 Å². The number of rotatable bonds is 5. The number of benzene rings is 1. The van der Waals surface area contributed by atoms with Crippen LogP contribution < -0.4 is 10.6 Å². The number of hydrogen-bond donors (Lipinski definition) is 2. The maximum absolute atomic E-state index is 5.35. The summed E-state index contributed by atoms with van der Waals surface area (Å²) in [6.07, 6.45) is 3.86. The van der Waals surface area contributed by atoms with E-state index in [1.807, 2.05) is 12.1 Å². The molecule has 0 aromatic heterocycles. The molecule has 0 radical (unpaired) electrons. The number of hydrogen-bond acceptors (Lipinski definition) is 2. The average Bonchev–Trinajstić information content (AvgIpc) is 2.48. The molecular formula is C17H26BrN3S. The Morgan fingerprint density at radius 1 is 1.45 bits per heavy atom. The van der Waals surface area contributed by atoms with Gasteiger partial charge in [0.25, 0.3) is 0 Å². The van der Waals surface area contributed by atoms with E-state index in [0.29, 0.717) is 5.11 Å². The van der Waals surface area contributed by atoms with Crippen LogP contribution in [0.25, 0.3) is 0 Å². The summed E-state index contributed by atoms with van der Waals surface area (Å²) < 4.78 is 1.12. The Labute approximate surface area is 148 Å². The third kappa shape index (κ3) is 5.86. The topological polar surface area (TPSA) is 27.3 Å². The molecule has 1 saturated heterocycles. The molecular weight excluding hydrogens is 358 g/mol. The van der Waals surface area contributed by atoms with E-state index in [1.54, 1.807) is 0 Å². The van der Waals surface area contributed by atoms with Crippen molar-refractivity contribution in [3.05, 3.63) is 28.2 Å². The van der Waals surface area contributed by atoms with Crippen molar-refractivity contribution in [2.24, 2.45) is 5.92 Å². The van der Waals surface area contributed by atoms with Crippen molar-refractivity contribution in [1.82, 2.24) is 10.2 Å². The first-order valence-electron chi connectivity index (χ1n) is 8.08. The first-order chi connectivity index (χ1) is 10.5. The second-order valence-electron chi connectivity index (χ2n) is 6.25. The zero-order chi connectivity index (χ0) is 15.9. The lowest BCUT2D eigenvalue weighted by Crippen LogP contribution is -2.37. The van der Waals surface area contributed by atoms with Gasteiger partial charge in [0.05, 0.1) is 0 Å². The Balaban J connectivity index is 1.64. The minimum Gasteiger partial charge on any atom is -0.362 e. The monoisotopic (exact) mass is 383 g/mol. The van der Waals surface area contributed by atoms with Gasteiger partial charge in [0.2, 0.25) is 0 Å². The van der Waals surface area contributed by atoms with Crippen LogP contribution in [0.3, 0.4) is 0 Å². The van der Waals surface area contributed by atoms with Crippen LogP contribution in [-0.4, -0.2) is 36.2 Å². The van der Waals surface area contributed by atoms with Crippen LogP contribution in [0.15, 0.2) is 22.7 Å². The summed E-state index contributed by atoms with van der Waals surface area (Å²) in [7, 11) is 0. The Morgan fingerprint density at radius 3 is 3.00 bits per heavy atom. The van der Waals surface area contributed by atoms with E-state index < -0.39 is 0 Å². The fourth-order valence-electron chi connectivity index (χ4n) is 2.89. The zero-order valence-electron chi connectivity index (χ0n) is 13.5. The molecule has 0 saturated carbocycles. The van der Waals surface area contributed by atoms with Crippen molar-refractivity contribution in [2.45, 2.75) is 33.1 Å². The summed E-state index contributed by atoms with van der Waals surface area (Å²) in [6.45, 7) is 9.02. The molecule has 1 aliphatic rings. The normalized spacial score (nSPS) is 19.0. The predicted molar refractivity (Wildman–Crippen MR) is 103 cm³/mol. The number of thiocarbonyl (C=S) groups is 1. The molecule has 2 N–H and O–H groups in total. The lowest BCUT2D eigenvalue weighted by molar-refractivity contribution is 0.182. The molecule has 22 heavy (non-hydrogen) atoms. The van der Waals surface area contributed by atoms with Crippen LogP contribution in [0.1, 0.15) is 31.7 Å². The molecule has 5 heteroatoms. The fourth-order valence-corrected chi connectivity index (χ4v) is 3.36. The maximum Gasteiger partial charge on any atom is 0.170 e. The molecule has 0 spiro atoms. The van der Waals surface area contributed by atoms with Crippen molar-refractivity contribution in [3.63, 3.8) is 0 Å². The summed E-state index contributed by atoms with van der Waals surface area (Å²) in [6, 6.07) is 6.16. The van der Waals surface area contributed by atoms with Gasteiger partial charge < -0.3 is 15.5 Å². The lowest BCUT2D eigenvalue weighted by atomic mass is 10.0. The van der Waals surface area contributed by atoms with Gasteiger partial charge in [0.1, 0.15) is 0 Å². The van der Waals surface area contributed by atoms with E-state index in [2.05, 4.69) is 51.4 Å². The van der Waals surface area contributed by atoms with E-state index in [1.165, 1.54) is 31.5 Å². The number of nitrogens with one attached hydrogen (secondary N) is 2. The molecule has 122 valence electrons. The van der Waals surface area contributed by atoms with E-state index in [0.717, 1.165) is 35.6 Å². The molecule has 1 fully saturated rings. The molecule has 1 aliphatic heterocycles. The standard InChI is InChI=1S/C17H26BrN3S/c1-13-5-3-9-21(12-13)10-4-8-19-17(22)20-15-6-7-16(18)14(2)11-15/h6-7,11,13H,3-5,8-10,12H2,1-2H3,(H2,19,20,22)/t13-/m0/s1. The van der Waals surface area contributed by atoms with Gasteiger partial charge in [0, 0.05) is 23.2 Å². The van der Waals surface area contributed by atoms with Crippen LogP contribution in [0.2, 0.25) is 0 Å². The molecule has 1 atom stereocenters. The van der Waals surface area contributed by atoms with Crippen molar-refractivity contribution < 1.29 is 0 Å². The second-order valence-corrected chi connectivity index (χ2v) is 7.51. The number of aryl methyl sites for hydroxylation is 1. The Morgan fingerprint density at radius 2 is 2.27 bits per heavy atom. The van der Waals surface area contributed by atoms with Gasteiger partial charge in [0.15, 0.2) is 5.11 Å². The quantitative estimate of drug-likeness (QED) is 0.589. The van der Waals surface area contributed by atoms with Crippen LogP contribution in [-0.2, 0) is 0 Å². The second kappa shape index (κ2) is 8.85. The van der Waals surface area contributed by atoms with Crippen molar-refractivity contribution in [3.8, 4) is 0 Å². The third-order valence-corrected chi connectivity index (χ3v) is 5.23. The van der Waals surface area contributed by atoms with Gasteiger partial charge in [-0.2, -0.15) is 0 Å². The third-order valence-electron chi connectivity index (χ3n) is 4.09. The van der Waals surface area contributed by atoms with Gasteiger partial charge in [-0.25, -0.2) is 0 Å². The molecule has 0 bridgehead atoms. The Hall–Kier alpha value is -0.650. The van der Waals surface area contributed by atoms with E-state index in [-0.39, 0.29) is 0 Å². The Kier molecular flexibility index (Phi) is 7.12. The molecule has 1 heterocycles. The highest BCUT2D eigenvalue weighted by molar-refractivity contribution is 9.10.